The van der Waals surface area contributed by atoms with Crippen LogP contribution in [0.1, 0.15) is 0 Å². The fraction of sp³-hybridized carbons (Fsp3) is 0. The first-order valence-electron chi connectivity index (χ1n) is 10.7. The molecule has 32 heavy (non-hydrogen) atoms. The van der Waals surface area contributed by atoms with Gasteiger partial charge in [-0.2, -0.15) is 0 Å². The van der Waals surface area contributed by atoms with Gasteiger partial charge in [0.05, 0.1) is 28.9 Å². The van der Waals surface area contributed by atoms with Gasteiger partial charge in [-0.05, 0) is 41.5 Å². The number of hydrogen-bond donors (Lipinski definition) is 0. The number of fused-ring (bicyclic) bond motifs is 9. The Balaban J connectivity index is 1.58. The molecule has 5 heterocycles. The van der Waals surface area contributed by atoms with Gasteiger partial charge in [-0.1, -0.05) is 36.4 Å². The number of nitrogens with zero attached hydrogens (tertiary/aromatic N) is 3. The molecule has 0 aliphatic rings. The van der Waals surface area contributed by atoms with E-state index in [1.54, 1.807) is 0 Å². The molecule has 5 aromatic heterocycles. The lowest BCUT2D eigenvalue weighted by atomic mass is 9.98. The molecular formula is C28H15N3S. The zero-order valence-electron chi connectivity index (χ0n) is 16.9. The Hall–Kier alpha value is -4.02. The van der Waals surface area contributed by atoms with Crippen molar-refractivity contribution < 1.29 is 0 Å². The predicted octanol–water partition coefficient (Wildman–Crippen LogP) is 7.66. The fourth-order valence-electron chi connectivity index (χ4n) is 5.37. The molecule has 148 valence electrons. The van der Waals surface area contributed by atoms with Crippen molar-refractivity contribution in [1.29, 1.82) is 0 Å². The zero-order chi connectivity index (χ0) is 20.8. The van der Waals surface area contributed by atoms with E-state index in [-0.39, 0.29) is 0 Å². The van der Waals surface area contributed by atoms with Crippen molar-refractivity contribution in [2.75, 3.05) is 0 Å². The lowest BCUT2D eigenvalue weighted by molar-refractivity contribution is 1.27. The summed E-state index contributed by atoms with van der Waals surface area (Å²) in [7, 11) is 0. The average molecular weight is 426 g/mol. The molecule has 0 saturated heterocycles. The van der Waals surface area contributed by atoms with Gasteiger partial charge in [-0.25, -0.2) is 0 Å². The second-order valence-electron chi connectivity index (χ2n) is 8.32. The van der Waals surface area contributed by atoms with E-state index in [1.165, 1.54) is 58.4 Å². The van der Waals surface area contributed by atoms with Crippen LogP contribution < -0.4 is 0 Å². The van der Waals surface area contributed by atoms with E-state index in [9.17, 15) is 0 Å². The van der Waals surface area contributed by atoms with Crippen LogP contribution in [-0.4, -0.2) is 14.4 Å². The Bertz CT molecular complexity index is 1910. The van der Waals surface area contributed by atoms with Crippen molar-refractivity contribution in [3.05, 3.63) is 91.5 Å². The maximum Gasteiger partial charge on any atom is 0.0725 e. The van der Waals surface area contributed by atoms with Crippen LogP contribution in [-0.2, 0) is 0 Å². The quantitative estimate of drug-likeness (QED) is 0.270. The summed E-state index contributed by atoms with van der Waals surface area (Å²) in [5, 5.41) is 7.66. The van der Waals surface area contributed by atoms with Crippen LogP contribution in [0.25, 0.3) is 69.4 Å². The molecule has 0 atom stereocenters. The van der Waals surface area contributed by atoms with Gasteiger partial charge in [0.15, 0.2) is 0 Å². The van der Waals surface area contributed by atoms with E-state index in [4.69, 9.17) is 0 Å². The van der Waals surface area contributed by atoms with Gasteiger partial charge in [0.2, 0.25) is 0 Å². The van der Waals surface area contributed by atoms with E-state index in [0.29, 0.717) is 0 Å². The number of hydrogen-bond acceptors (Lipinski definition) is 3. The number of aromatic nitrogens is 3. The maximum atomic E-state index is 4.42. The zero-order valence-corrected chi connectivity index (χ0v) is 17.7. The van der Waals surface area contributed by atoms with Crippen LogP contribution in [0.2, 0.25) is 0 Å². The minimum Gasteiger partial charge on any atom is -0.305 e. The molecule has 8 aromatic rings. The standard InChI is InChI=1S/C28H15N3S/c1-2-7-26-20(4-1)21-6-3-5-17(28(21)32-26)16-12-22-18-8-10-29-14-24(18)31-25-15-30-11-9-19(25)23(13-16)27(22)31/h1-15H. The summed E-state index contributed by atoms with van der Waals surface area (Å²) in [5.41, 5.74) is 6.06. The number of rotatable bonds is 1. The smallest absolute Gasteiger partial charge is 0.0725 e. The van der Waals surface area contributed by atoms with Crippen molar-refractivity contribution in [2.24, 2.45) is 0 Å². The van der Waals surface area contributed by atoms with Crippen LogP contribution in [0, 0.1) is 0 Å². The normalized spacial score (nSPS) is 12.4. The van der Waals surface area contributed by atoms with Crippen molar-refractivity contribution in [3.63, 3.8) is 0 Å². The fourth-order valence-corrected chi connectivity index (χ4v) is 6.61. The van der Waals surface area contributed by atoms with E-state index in [2.05, 4.69) is 81.1 Å². The van der Waals surface area contributed by atoms with Gasteiger partial charge in [-0.3, -0.25) is 9.97 Å². The molecule has 3 nitrogen and oxygen atoms in total. The molecule has 0 spiro atoms. The number of benzene rings is 3. The highest BCUT2D eigenvalue weighted by Crippen LogP contribution is 2.44. The monoisotopic (exact) mass is 425 g/mol. The summed E-state index contributed by atoms with van der Waals surface area (Å²) < 4.78 is 5.00. The highest BCUT2D eigenvalue weighted by Gasteiger charge is 2.19. The molecule has 0 amide bonds. The van der Waals surface area contributed by atoms with Crippen LogP contribution in [0.5, 0.6) is 0 Å². The van der Waals surface area contributed by atoms with E-state index >= 15 is 0 Å². The van der Waals surface area contributed by atoms with Gasteiger partial charge >= 0.3 is 0 Å². The van der Waals surface area contributed by atoms with Crippen molar-refractivity contribution >= 4 is 69.6 Å². The van der Waals surface area contributed by atoms with Crippen LogP contribution in [0.15, 0.2) is 91.5 Å². The molecular weight excluding hydrogens is 410 g/mol. The third kappa shape index (κ3) is 1.96. The summed E-state index contributed by atoms with van der Waals surface area (Å²) >= 11 is 1.88. The van der Waals surface area contributed by atoms with Gasteiger partial charge in [0.1, 0.15) is 0 Å². The molecule has 0 fully saturated rings. The third-order valence-electron chi connectivity index (χ3n) is 6.71. The predicted molar refractivity (Wildman–Crippen MR) is 135 cm³/mol. The van der Waals surface area contributed by atoms with Crippen molar-refractivity contribution in [3.8, 4) is 11.1 Å². The second-order valence-corrected chi connectivity index (χ2v) is 9.37. The molecule has 3 aromatic carbocycles. The van der Waals surface area contributed by atoms with Crippen molar-refractivity contribution in [1.82, 2.24) is 14.4 Å². The highest BCUT2D eigenvalue weighted by molar-refractivity contribution is 7.26. The lowest BCUT2D eigenvalue weighted by Gasteiger charge is -2.06. The summed E-state index contributed by atoms with van der Waals surface area (Å²) in [6.45, 7) is 0. The van der Waals surface area contributed by atoms with Crippen LogP contribution in [0.4, 0.5) is 0 Å². The molecule has 0 aliphatic heterocycles. The second kappa shape index (κ2) is 5.81. The van der Waals surface area contributed by atoms with E-state index in [1.807, 2.05) is 36.1 Å². The van der Waals surface area contributed by atoms with Crippen LogP contribution >= 0.6 is 11.3 Å². The van der Waals surface area contributed by atoms with Gasteiger partial charge < -0.3 is 4.40 Å². The number of pyridine rings is 2. The number of thiophene rings is 1. The summed E-state index contributed by atoms with van der Waals surface area (Å²) in [6, 6.07) is 24.4. The molecule has 8 rings (SSSR count). The Morgan fingerprint density at radius 3 is 2.06 bits per heavy atom. The molecule has 0 N–H and O–H groups in total. The van der Waals surface area contributed by atoms with Gasteiger partial charge in [0.25, 0.3) is 0 Å². The first-order valence-corrected chi connectivity index (χ1v) is 11.5. The molecule has 0 bridgehead atoms. The SMILES string of the molecule is c1ccc2c(c1)sc1c(-c3cc4c5ccncc5n5c6cnccc6c(c3)c45)cccc12. The molecule has 0 radical (unpaired) electrons. The van der Waals surface area contributed by atoms with Gasteiger partial charge in [0, 0.05) is 54.1 Å². The molecule has 0 saturated carbocycles. The van der Waals surface area contributed by atoms with Crippen molar-refractivity contribution in [2.45, 2.75) is 0 Å². The Morgan fingerprint density at radius 2 is 1.31 bits per heavy atom. The average Bonchev–Trinajstić information content (AvgIpc) is 3.50. The van der Waals surface area contributed by atoms with E-state index in [0.717, 1.165) is 11.0 Å². The van der Waals surface area contributed by atoms with Crippen LogP contribution in [0.3, 0.4) is 0 Å². The minimum atomic E-state index is 1.13. The Labute approximate surface area is 186 Å². The Morgan fingerprint density at radius 1 is 0.625 bits per heavy atom. The summed E-state index contributed by atoms with van der Waals surface area (Å²) in [4.78, 5) is 8.84. The summed E-state index contributed by atoms with van der Waals surface area (Å²) in [6.07, 6.45) is 7.70. The maximum absolute atomic E-state index is 4.42. The minimum absolute atomic E-state index is 1.13. The van der Waals surface area contributed by atoms with E-state index < -0.39 is 0 Å². The Kier molecular flexibility index (Phi) is 3.02. The highest BCUT2D eigenvalue weighted by atomic mass is 32.1. The lowest BCUT2D eigenvalue weighted by Crippen LogP contribution is -1.81. The molecule has 0 aliphatic carbocycles. The van der Waals surface area contributed by atoms with Gasteiger partial charge in [-0.15, -0.1) is 11.3 Å². The topological polar surface area (TPSA) is 30.2 Å². The largest absolute Gasteiger partial charge is 0.305 e. The first kappa shape index (κ1) is 16.6. The first-order chi connectivity index (χ1) is 15.9. The molecule has 0 unspecified atom stereocenters. The third-order valence-corrected chi connectivity index (χ3v) is 7.93. The molecule has 4 heteroatoms. The summed E-state index contributed by atoms with van der Waals surface area (Å²) in [5.74, 6) is 0.